The van der Waals surface area contributed by atoms with E-state index in [0.29, 0.717) is 9.76 Å². The van der Waals surface area contributed by atoms with Gasteiger partial charge in [-0.2, -0.15) is 0 Å². The minimum atomic E-state index is 0.648. The Morgan fingerprint density at radius 3 is 2.75 bits per heavy atom. The summed E-state index contributed by atoms with van der Waals surface area (Å²) in [6.45, 7) is 0. The Morgan fingerprint density at radius 2 is 2.08 bits per heavy atom. The molecule has 2 nitrogen and oxygen atoms in total. The molecule has 0 aliphatic rings. The number of halogens is 3. The lowest BCUT2D eigenvalue weighted by molar-refractivity contribution is 1.27. The van der Waals surface area contributed by atoms with Crippen molar-refractivity contribution in [1.82, 2.24) is 9.97 Å². The SMILES string of the molecule is Clc1ccc(Br)c2[nH]c(Br)nc12. The van der Waals surface area contributed by atoms with Gasteiger partial charge in [-0.15, -0.1) is 0 Å². The van der Waals surface area contributed by atoms with E-state index in [1.807, 2.05) is 6.07 Å². The lowest BCUT2D eigenvalue weighted by Crippen LogP contribution is -1.72. The molecule has 0 aliphatic heterocycles. The zero-order valence-electron chi connectivity index (χ0n) is 5.74. The highest BCUT2D eigenvalue weighted by atomic mass is 79.9. The molecule has 0 spiro atoms. The van der Waals surface area contributed by atoms with Crippen LogP contribution < -0.4 is 0 Å². The van der Waals surface area contributed by atoms with Crippen LogP contribution in [0.5, 0.6) is 0 Å². The first-order valence-electron chi connectivity index (χ1n) is 3.17. The first-order chi connectivity index (χ1) is 5.68. The van der Waals surface area contributed by atoms with Gasteiger partial charge in [-0.1, -0.05) is 11.6 Å². The standard InChI is InChI=1S/C7H3Br2ClN2/c8-3-1-2-4(10)6-5(3)11-7(9)12-6/h1-2H,(H,11,12). The molecule has 0 saturated heterocycles. The first-order valence-corrected chi connectivity index (χ1v) is 5.14. The van der Waals surface area contributed by atoms with Crippen LogP contribution in [0, 0.1) is 0 Å². The van der Waals surface area contributed by atoms with Crippen molar-refractivity contribution in [3.8, 4) is 0 Å². The quantitative estimate of drug-likeness (QED) is 0.789. The third-order valence-corrected chi connectivity index (χ3v) is 2.86. The van der Waals surface area contributed by atoms with Crippen molar-refractivity contribution in [1.29, 1.82) is 0 Å². The molecule has 0 radical (unpaired) electrons. The lowest BCUT2D eigenvalue weighted by Gasteiger charge is -1.93. The molecule has 0 amide bonds. The number of hydrogen-bond acceptors (Lipinski definition) is 1. The Labute approximate surface area is 90.6 Å². The molecule has 5 heteroatoms. The number of fused-ring (bicyclic) bond motifs is 1. The molecule has 2 aromatic rings. The van der Waals surface area contributed by atoms with Gasteiger partial charge in [-0.25, -0.2) is 4.98 Å². The highest BCUT2D eigenvalue weighted by Gasteiger charge is 2.06. The van der Waals surface area contributed by atoms with E-state index in [0.717, 1.165) is 15.5 Å². The summed E-state index contributed by atoms with van der Waals surface area (Å²) < 4.78 is 1.64. The second-order valence-electron chi connectivity index (χ2n) is 2.28. The number of hydrogen-bond donors (Lipinski definition) is 1. The molecule has 1 N–H and O–H groups in total. The van der Waals surface area contributed by atoms with Crippen LogP contribution in [0.1, 0.15) is 0 Å². The molecule has 1 aromatic carbocycles. The summed E-state index contributed by atoms with van der Waals surface area (Å²) >= 11 is 12.6. The third kappa shape index (κ3) is 1.28. The summed E-state index contributed by atoms with van der Waals surface area (Å²) in [6.07, 6.45) is 0. The Kier molecular flexibility index (Phi) is 2.14. The van der Waals surface area contributed by atoms with Crippen LogP contribution >= 0.6 is 43.5 Å². The molecule has 0 bridgehead atoms. The van der Waals surface area contributed by atoms with E-state index in [9.17, 15) is 0 Å². The van der Waals surface area contributed by atoms with Crippen molar-refractivity contribution in [2.75, 3.05) is 0 Å². The summed E-state index contributed by atoms with van der Waals surface area (Å²) in [5.74, 6) is 0. The number of benzene rings is 1. The molecular weight excluding hydrogens is 307 g/mol. The van der Waals surface area contributed by atoms with Crippen molar-refractivity contribution in [2.24, 2.45) is 0 Å². The van der Waals surface area contributed by atoms with E-state index in [2.05, 4.69) is 41.8 Å². The van der Waals surface area contributed by atoms with Crippen LogP contribution in [0.3, 0.4) is 0 Å². The molecule has 0 unspecified atom stereocenters. The van der Waals surface area contributed by atoms with Gasteiger partial charge in [0.15, 0.2) is 4.73 Å². The highest BCUT2D eigenvalue weighted by molar-refractivity contribution is 9.11. The van der Waals surface area contributed by atoms with Crippen LogP contribution in [-0.2, 0) is 0 Å². The minimum Gasteiger partial charge on any atom is -0.332 e. The maximum absolute atomic E-state index is 5.92. The Balaban J connectivity index is 2.93. The number of nitrogens with zero attached hydrogens (tertiary/aromatic N) is 1. The van der Waals surface area contributed by atoms with Gasteiger partial charge in [0.05, 0.1) is 10.5 Å². The van der Waals surface area contributed by atoms with Crippen molar-refractivity contribution >= 4 is 54.5 Å². The van der Waals surface area contributed by atoms with Gasteiger partial charge in [0.1, 0.15) is 5.52 Å². The number of H-pyrrole nitrogens is 1. The summed E-state index contributed by atoms with van der Waals surface area (Å²) in [5, 5.41) is 0.648. The minimum absolute atomic E-state index is 0.648. The maximum Gasteiger partial charge on any atom is 0.175 e. The topological polar surface area (TPSA) is 28.7 Å². The summed E-state index contributed by atoms with van der Waals surface area (Å²) in [6, 6.07) is 3.69. The van der Waals surface area contributed by atoms with Crippen LogP contribution in [0.25, 0.3) is 11.0 Å². The number of imidazole rings is 1. The largest absolute Gasteiger partial charge is 0.332 e. The summed E-state index contributed by atoms with van der Waals surface area (Å²) in [5.41, 5.74) is 1.69. The smallest absolute Gasteiger partial charge is 0.175 e. The van der Waals surface area contributed by atoms with Crippen molar-refractivity contribution in [3.63, 3.8) is 0 Å². The third-order valence-electron chi connectivity index (χ3n) is 1.52. The van der Waals surface area contributed by atoms with Crippen molar-refractivity contribution in [2.45, 2.75) is 0 Å². The Bertz CT molecular complexity index is 399. The van der Waals surface area contributed by atoms with E-state index in [1.165, 1.54) is 0 Å². The molecule has 12 heavy (non-hydrogen) atoms. The molecule has 0 fully saturated rings. The normalized spacial score (nSPS) is 10.9. The number of aromatic nitrogens is 2. The van der Waals surface area contributed by atoms with Crippen LogP contribution in [0.4, 0.5) is 0 Å². The van der Waals surface area contributed by atoms with Gasteiger partial charge >= 0.3 is 0 Å². The van der Waals surface area contributed by atoms with E-state index in [4.69, 9.17) is 11.6 Å². The van der Waals surface area contributed by atoms with Gasteiger partial charge in [-0.05, 0) is 44.0 Å². The molecule has 2 rings (SSSR count). The molecule has 0 saturated carbocycles. The second kappa shape index (κ2) is 3.01. The van der Waals surface area contributed by atoms with Crippen molar-refractivity contribution < 1.29 is 0 Å². The first kappa shape index (κ1) is 8.53. The predicted molar refractivity (Wildman–Crippen MR) is 56.5 cm³/mol. The average molecular weight is 310 g/mol. The van der Waals surface area contributed by atoms with E-state index in [-0.39, 0.29) is 0 Å². The van der Waals surface area contributed by atoms with Gasteiger partial charge in [0, 0.05) is 4.47 Å². The molecule has 0 atom stereocenters. The van der Waals surface area contributed by atoms with E-state index >= 15 is 0 Å². The molecule has 1 heterocycles. The summed E-state index contributed by atoms with van der Waals surface area (Å²) in [4.78, 5) is 7.21. The second-order valence-corrected chi connectivity index (χ2v) is 4.29. The lowest BCUT2D eigenvalue weighted by atomic mass is 10.3. The zero-order chi connectivity index (χ0) is 8.72. The Hall–Kier alpha value is -0.0600. The fourth-order valence-corrected chi connectivity index (χ4v) is 1.99. The average Bonchev–Trinajstić information content (AvgIpc) is 2.41. The monoisotopic (exact) mass is 308 g/mol. The molecule has 1 aromatic heterocycles. The van der Waals surface area contributed by atoms with Crippen molar-refractivity contribution in [3.05, 3.63) is 26.4 Å². The fourth-order valence-electron chi connectivity index (χ4n) is 0.999. The number of rotatable bonds is 0. The Morgan fingerprint density at radius 1 is 1.33 bits per heavy atom. The molecule has 0 aliphatic carbocycles. The van der Waals surface area contributed by atoms with Crippen LogP contribution in [0.15, 0.2) is 21.3 Å². The van der Waals surface area contributed by atoms with Gasteiger partial charge < -0.3 is 4.98 Å². The molecular formula is C7H3Br2ClN2. The molecule has 62 valence electrons. The van der Waals surface area contributed by atoms with Gasteiger partial charge in [-0.3, -0.25) is 0 Å². The summed E-state index contributed by atoms with van der Waals surface area (Å²) in [7, 11) is 0. The highest BCUT2D eigenvalue weighted by Crippen LogP contribution is 2.29. The van der Waals surface area contributed by atoms with Crippen LogP contribution in [0.2, 0.25) is 5.02 Å². The van der Waals surface area contributed by atoms with E-state index < -0.39 is 0 Å². The van der Waals surface area contributed by atoms with Gasteiger partial charge in [0.25, 0.3) is 0 Å². The van der Waals surface area contributed by atoms with Gasteiger partial charge in [0.2, 0.25) is 0 Å². The van der Waals surface area contributed by atoms with E-state index in [1.54, 1.807) is 6.07 Å². The number of nitrogens with one attached hydrogen (secondary N) is 1. The number of aromatic amines is 1. The predicted octanol–water partition coefficient (Wildman–Crippen LogP) is 3.74. The van der Waals surface area contributed by atoms with Crippen LogP contribution in [-0.4, -0.2) is 9.97 Å². The maximum atomic E-state index is 5.92. The fraction of sp³-hybridized carbons (Fsp3) is 0. The zero-order valence-corrected chi connectivity index (χ0v) is 9.66.